The Labute approximate surface area is 165 Å². The first-order chi connectivity index (χ1) is 13.1. The molecule has 3 rings (SSSR count). The number of aliphatic hydroxyl groups is 1. The second kappa shape index (κ2) is 7.80. The van der Waals surface area contributed by atoms with E-state index in [-0.39, 0.29) is 23.8 Å². The fourth-order valence-corrected chi connectivity index (χ4v) is 3.56. The molecule has 0 saturated carbocycles. The first-order valence-electron chi connectivity index (χ1n) is 9.61. The van der Waals surface area contributed by atoms with Gasteiger partial charge in [0.25, 0.3) is 5.56 Å². The SMILES string of the molecule is C[C@@H](c1ccc(-c2ccn(C)c(=O)c2)cc1)N1CC[C@@H](CC(C)(C)O)OC1=O. The average molecular weight is 384 g/mol. The summed E-state index contributed by atoms with van der Waals surface area (Å²) in [5, 5.41) is 9.94. The maximum Gasteiger partial charge on any atom is 0.410 e. The van der Waals surface area contributed by atoms with Gasteiger partial charge in [0.05, 0.1) is 11.6 Å². The van der Waals surface area contributed by atoms with Gasteiger partial charge in [0.2, 0.25) is 0 Å². The lowest BCUT2D eigenvalue weighted by Gasteiger charge is -2.37. The molecule has 6 heteroatoms. The maximum atomic E-state index is 12.4. The topological polar surface area (TPSA) is 71.8 Å². The molecule has 2 atom stereocenters. The summed E-state index contributed by atoms with van der Waals surface area (Å²) in [6.07, 6.45) is 2.29. The van der Waals surface area contributed by atoms with Crippen LogP contribution in [-0.2, 0) is 11.8 Å². The maximum absolute atomic E-state index is 12.4. The average Bonchev–Trinajstić information content (AvgIpc) is 2.62. The van der Waals surface area contributed by atoms with Gasteiger partial charge in [-0.2, -0.15) is 0 Å². The Morgan fingerprint density at radius 1 is 1.18 bits per heavy atom. The second-order valence-corrected chi connectivity index (χ2v) is 8.17. The van der Waals surface area contributed by atoms with Crippen LogP contribution in [0.2, 0.25) is 0 Å². The van der Waals surface area contributed by atoms with Crippen molar-refractivity contribution in [2.45, 2.75) is 51.4 Å². The van der Waals surface area contributed by atoms with Crippen molar-refractivity contribution in [3.05, 3.63) is 58.5 Å². The van der Waals surface area contributed by atoms with Gasteiger partial charge in [-0.1, -0.05) is 24.3 Å². The number of carbonyl (C=O) groups excluding carboxylic acids is 1. The largest absolute Gasteiger partial charge is 0.446 e. The number of hydrogen-bond donors (Lipinski definition) is 1. The number of aryl methyl sites for hydroxylation is 1. The van der Waals surface area contributed by atoms with Crippen molar-refractivity contribution in [1.29, 1.82) is 0 Å². The summed E-state index contributed by atoms with van der Waals surface area (Å²) in [7, 11) is 1.72. The van der Waals surface area contributed by atoms with E-state index < -0.39 is 5.60 Å². The lowest BCUT2D eigenvalue weighted by Crippen LogP contribution is -2.45. The Balaban J connectivity index is 1.69. The monoisotopic (exact) mass is 384 g/mol. The molecule has 0 bridgehead atoms. The van der Waals surface area contributed by atoms with E-state index in [2.05, 4.69) is 0 Å². The van der Waals surface area contributed by atoms with E-state index in [9.17, 15) is 14.7 Å². The molecular weight excluding hydrogens is 356 g/mol. The van der Waals surface area contributed by atoms with Crippen molar-refractivity contribution in [2.24, 2.45) is 7.05 Å². The van der Waals surface area contributed by atoms with Crippen molar-refractivity contribution >= 4 is 6.09 Å². The molecule has 0 spiro atoms. The predicted octanol–water partition coefficient (Wildman–Crippen LogP) is 3.49. The molecular formula is C22H28N2O4. The lowest BCUT2D eigenvalue weighted by molar-refractivity contribution is -0.0309. The van der Waals surface area contributed by atoms with Gasteiger partial charge in [-0.3, -0.25) is 4.79 Å². The zero-order valence-electron chi connectivity index (χ0n) is 16.9. The molecule has 1 aliphatic heterocycles. The van der Waals surface area contributed by atoms with E-state index in [1.807, 2.05) is 37.3 Å². The fourth-order valence-electron chi connectivity index (χ4n) is 3.56. The van der Waals surface area contributed by atoms with Gasteiger partial charge in [0.15, 0.2) is 0 Å². The number of hydrogen-bond acceptors (Lipinski definition) is 4. The Hall–Kier alpha value is -2.60. The third-order valence-electron chi connectivity index (χ3n) is 5.22. The molecule has 6 nitrogen and oxygen atoms in total. The van der Waals surface area contributed by atoms with Crippen LogP contribution in [0.3, 0.4) is 0 Å². The van der Waals surface area contributed by atoms with Crippen LogP contribution in [0.4, 0.5) is 4.79 Å². The molecule has 0 radical (unpaired) electrons. The van der Waals surface area contributed by atoms with E-state index in [0.29, 0.717) is 19.4 Å². The number of benzene rings is 1. The van der Waals surface area contributed by atoms with Crippen molar-refractivity contribution in [3.63, 3.8) is 0 Å². The van der Waals surface area contributed by atoms with Crippen LogP contribution in [0.15, 0.2) is 47.4 Å². The smallest absolute Gasteiger partial charge is 0.410 e. The molecule has 2 aromatic rings. The summed E-state index contributed by atoms with van der Waals surface area (Å²) in [6.45, 7) is 6.02. The van der Waals surface area contributed by atoms with Crippen LogP contribution < -0.4 is 5.56 Å². The van der Waals surface area contributed by atoms with Crippen molar-refractivity contribution in [3.8, 4) is 11.1 Å². The van der Waals surface area contributed by atoms with Crippen molar-refractivity contribution in [2.75, 3.05) is 6.54 Å². The normalized spacial score (nSPS) is 18.7. The highest BCUT2D eigenvalue weighted by atomic mass is 16.6. The highest BCUT2D eigenvalue weighted by Gasteiger charge is 2.33. The number of pyridine rings is 1. The van der Waals surface area contributed by atoms with E-state index in [1.165, 1.54) is 4.57 Å². The van der Waals surface area contributed by atoms with Crippen LogP contribution in [0.1, 0.15) is 45.2 Å². The molecule has 1 aromatic heterocycles. The summed E-state index contributed by atoms with van der Waals surface area (Å²) >= 11 is 0. The van der Waals surface area contributed by atoms with E-state index in [4.69, 9.17) is 4.74 Å². The van der Waals surface area contributed by atoms with Crippen LogP contribution in [0.25, 0.3) is 11.1 Å². The first kappa shape index (κ1) is 20.1. The Bertz CT molecular complexity index is 896. The van der Waals surface area contributed by atoms with Gasteiger partial charge < -0.3 is 19.3 Å². The van der Waals surface area contributed by atoms with Gasteiger partial charge in [-0.25, -0.2) is 4.79 Å². The molecule has 0 aliphatic carbocycles. The third kappa shape index (κ3) is 4.62. The summed E-state index contributed by atoms with van der Waals surface area (Å²) in [5.41, 5.74) is 1.93. The minimum atomic E-state index is -0.854. The Morgan fingerprint density at radius 3 is 2.43 bits per heavy atom. The molecule has 1 amide bonds. The number of nitrogens with zero attached hydrogens (tertiary/aromatic N) is 2. The molecule has 1 aliphatic rings. The zero-order chi connectivity index (χ0) is 20.5. The highest BCUT2D eigenvalue weighted by molar-refractivity contribution is 5.69. The quantitative estimate of drug-likeness (QED) is 0.857. The third-order valence-corrected chi connectivity index (χ3v) is 5.22. The van der Waals surface area contributed by atoms with E-state index in [1.54, 1.807) is 38.1 Å². The summed E-state index contributed by atoms with van der Waals surface area (Å²) < 4.78 is 7.06. The van der Waals surface area contributed by atoms with Crippen molar-refractivity contribution in [1.82, 2.24) is 9.47 Å². The first-order valence-corrected chi connectivity index (χ1v) is 9.61. The van der Waals surface area contributed by atoms with Crippen LogP contribution in [-0.4, -0.2) is 38.9 Å². The standard InChI is InChI=1S/C22H28N2O4/c1-15(24-12-10-19(28-21(24)26)14-22(2,3)27)16-5-7-17(8-6-16)18-9-11-23(4)20(25)13-18/h5-9,11,13,15,19,27H,10,12,14H2,1-4H3/t15-,19-/m0/s1. The van der Waals surface area contributed by atoms with Gasteiger partial charge in [-0.15, -0.1) is 0 Å². The van der Waals surface area contributed by atoms with E-state index >= 15 is 0 Å². The molecule has 28 heavy (non-hydrogen) atoms. The predicted molar refractivity (Wildman–Crippen MR) is 108 cm³/mol. The number of cyclic esters (lactones) is 1. The Kier molecular flexibility index (Phi) is 5.61. The number of ether oxygens (including phenoxy) is 1. The zero-order valence-corrected chi connectivity index (χ0v) is 16.9. The number of carbonyl (C=O) groups is 1. The number of rotatable bonds is 5. The van der Waals surface area contributed by atoms with Gasteiger partial charge in [0.1, 0.15) is 6.10 Å². The lowest BCUT2D eigenvalue weighted by atomic mass is 9.97. The minimum absolute atomic E-state index is 0.0494. The molecule has 150 valence electrons. The minimum Gasteiger partial charge on any atom is -0.446 e. The highest BCUT2D eigenvalue weighted by Crippen LogP contribution is 2.29. The molecule has 1 N–H and O–H groups in total. The molecule has 0 unspecified atom stereocenters. The fraction of sp³-hybridized carbons (Fsp3) is 0.455. The molecule has 1 aromatic carbocycles. The van der Waals surface area contributed by atoms with Gasteiger partial charge in [0, 0.05) is 38.7 Å². The number of amides is 1. The van der Waals surface area contributed by atoms with Crippen LogP contribution >= 0.6 is 0 Å². The molecule has 1 saturated heterocycles. The molecule has 1 fully saturated rings. The van der Waals surface area contributed by atoms with Gasteiger partial charge in [-0.05, 0) is 43.5 Å². The van der Waals surface area contributed by atoms with Crippen molar-refractivity contribution < 1.29 is 14.6 Å². The number of aromatic nitrogens is 1. The van der Waals surface area contributed by atoms with Gasteiger partial charge >= 0.3 is 6.09 Å². The van der Waals surface area contributed by atoms with E-state index in [0.717, 1.165) is 16.7 Å². The summed E-state index contributed by atoms with van der Waals surface area (Å²) in [6, 6.07) is 11.3. The second-order valence-electron chi connectivity index (χ2n) is 8.17. The van der Waals surface area contributed by atoms with Crippen LogP contribution in [0, 0.1) is 0 Å². The molecule has 2 heterocycles. The summed E-state index contributed by atoms with van der Waals surface area (Å²) in [5.74, 6) is 0. The van der Waals surface area contributed by atoms with Crippen LogP contribution in [0.5, 0.6) is 0 Å². The Morgan fingerprint density at radius 2 is 1.86 bits per heavy atom. The summed E-state index contributed by atoms with van der Waals surface area (Å²) in [4.78, 5) is 26.0.